The van der Waals surface area contributed by atoms with E-state index in [-0.39, 0.29) is 18.9 Å². The minimum absolute atomic E-state index is 0.100. The zero-order valence-electron chi connectivity index (χ0n) is 21.4. The summed E-state index contributed by atoms with van der Waals surface area (Å²) in [6.07, 6.45) is 4.38. The Kier molecular flexibility index (Phi) is 9.58. The van der Waals surface area contributed by atoms with Crippen molar-refractivity contribution in [2.24, 2.45) is 5.11 Å². The Labute approximate surface area is 226 Å². The molecule has 9 heteroatoms. The van der Waals surface area contributed by atoms with Gasteiger partial charge in [0.05, 0.1) is 6.61 Å². The number of aliphatic carboxylic acids is 1. The summed E-state index contributed by atoms with van der Waals surface area (Å²) < 4.78 is 11.1. The van der Waals surface area contributed by atoms with E-state index in [0.29, 0.717) is 13.2 Å². The normalized spacial score (nSPS) is 12.7. The molecule has 3 aromatic rings. The fourth-order valence-electron chi connectivity index (χ4n) is 4.54. The summed E-state index contributed by atoms with van der Waals surface area (Å²) >= 11 is 0. The fourth-order valence-corrected chi connectivity index (χ4v) is 4.54. The van der Waals surface area contributed by atoms with E-state index in [1.165, 1.54) is 0 Å². The van der Waals surface area contributed by atoms with Crippen molar-refractivity contribution in [3.8, 4) is 16.9 Å². The standard InChI is InChI=1S/C30H30N4O5/c31-34-32-18-5-6-19-38-22-16-14-21(15-17-22)8-7-13-28(29(35)36)33-30(37)39-20-27-25-11-3-1-9-23(25)24-10-2-4-12-26(24)27/h1-4,7-12,14-17,27-28H,5-6,13,18-20H2,(H,33,37)(H,35,36)/b8-7-/t28-/m0/s1. The van der Waals surface area contributed by atoms with Crippen LogP contribution in [0.25, 0.3) is 27.6 Å². The fraction of sp³-hybridized carbons (Fsp3) is 0.267. The van der Waals surface area contributed by atoms with Crippen molar-refractivity contribution in [1.82, 2.24) is 5.32 Å². The number of benzene rings is 3. The number of alkyl carbamates (subject to hydrolysis) is 1. The van der Waals surface area contributed by atoms with E-state index in [9.17, 15) is 14.7 Å². The first-order chi connectivity index (χ1) is 19.1. The van der Waals surface area contributed by atoms with Crippen LogP contribution in [-0.2, 0) is 9.53 Å². The molecule has 1 aliphatic rings. The molecule has 1 amide bonds. The van der Waals surface area contributed by atoms with Crippen molar-refractivity contribution in [3.05, 3.63) is 106 Å². The summed E-state index contributed by atoms with van der Waals surface area (Å²) in [6, 6.07) is 22.3. The quantitative estimate of drug-likeness (QED) is 0.113. The lowest BCUT2D eigenvalue weighted by atomic mass is 9.98. The molecular weight excluding hydrogens is 496 g/mol. The van der Waals surface area contributed by atoms with Gasteiger partial charge in [-0.3, -0.25) is 0 Å². The number of amides is 1. The third-order valence-corrected chi connectivity index (χ3v) is 6.48. The topological polar surface area (TPSA) is 134 Å². The Balaban J connectivity index is 1.25. The Morgan fingerprint density at radius 1 is 1.00 bits per heavy atom. The largest absolute Gasteiger partial charge is 0.494 e. The van der Waals surface area contributed by atoms with E-state index in [1.807, 2.05) is 60.7 Å². The van der Waals surface area contributed by atoms with Crippen LogP contribution in [0.3, 0.4) is 0 Å². The third kappa shape index (κ3) is 7.40. The zero-order chi connectivity index (χ0) is 27.5. The molecule has 4 rings (SSSR count). The van der Waals surface area contributed by atoms with Crippen LogP contribution in [0.5, 0.6) is 5.75 Å². The van der Waals surface area contributed by atoms with Crippen molar-refractivity contribution < 1.29 is 24.2 Å². The molecule has 0 saturated heterocycles. The molecule has 0 radical (unpaired) electrons. The summed E-state index contributed by atoms with van der Waals surface area (Å²) in [5.74, 6) is -0.523. The van der Waals surface area contributed by atoms with Gasteiger partial charge in [0, 0.05) is 17.4 Å². The van der Waals surface area contributed by atoms with Crippen LogP contribution >= 0.6 is 0 Å². The van der Waals surface area contributed by atoms with Crippen LogP contribution in [-0.4, -0.2) is 43.0 Å². The predicted molar refractivity (Wildman–Crippen MR) is 148 cm³/mol. The van der Waals surface area contributed by atoms with Gasteiger partial charge >= 0.3 is 12.1 Å². The van der Waals surface area contributed by atoms with Gasteiger partial charge in [0.1, 0.15) is 18.4 Å². The van der Waals surface area contributed by atoms with E-state index < -0.39 is 18.1 Å². The molecule has 0 saturated carbocycles. The van der Waals surface area contributed by atoms with Crippen LogP contribution < -0.4 is 10.1 Å². The minimum atomic E-state index is -1.14. The van der Waals surface area contributed by atoms with Gasteiger partial charge in [-0.25, -0.2) is 9.59 Å². The van der Waals surface area contributed by atoms with Crippen molar-refractivity contribution in [1.29, 1.82) is 0 Å². The number of hydrogen-bond acceptors (Lipinski definition) is 5. The predicted octanol–water partition coefficient (Wildman–Crippen LogP) is 6.55. The lowest BCUT2D eigenvalue weighted by Crippen LogP contribution is -2.41. The Bertz CT molecular complexity index is 1320. The number of azide groups is 1. The monoisotopic (exact) mass is 526 g/mol. The molecule has 0 heterocycles. The number of nitrogens with one attached hydrogen (secondary N) is 1. The second-order valence-electron chi connectivity index (χ2n) is 9.08. The Morgan fingerprint density at radius 2 is 1.67 bits per heavy atom. The van der Waals surface area contributed by atoms with Gasteiger partial charge in [-0.2, -0.15) is 0 Å². The van der Waals surface area contributed by atoms with Gasteiger partial charge in [-0.05, 0) is 64.7 Å². The lowest BCUT2D eigenvalue weighted by Gasteiger charge is -2.16. The van der Waals surface area contributed by atoms with Gasteiger partial charge in [-0.15, -0.1) is 0 Å². The summed E-state index contributed by atoms with van der Waals surface area (Å²) in [7, 11) is 0. The van der Waals surface area contributed by atoms with E-state index in [4.69, 9.17) is 15.0 Å². The summed E-state index contributed by atoms with van der Waals surface area (Å²) in [5, 5.41) is 15.6. The maximum absolute atomic E-state index is 12.5. The maximum atomic E-state index is 12.5. The summed E-state index contributed by atoms with van der Waals surface area (Å²) in [6.45, 7) is 1.10. The smallest absolute Gasteiger partial charge is 0.407 e. The first kappa shape index (κ1) is 27.3. The number of unbranched alkanes of at least 4 members (excludes halogenated alkanes) is 1. The van der Waals surface area contributed by atoms with Gasteiger partial charge in [-0.1, -0.05) is 77.9 Å². The number of hydrogen-bond donors (Lipinski definition) is 2. The molecule has 200 valence electrons. The minimum Gasteiger partial charge on any atom is -0.494 e. The first-order valence-corrected chi connectivity index (χ1v) is 12.8. The summed E-state index contributed by atoms with van der Waals surface area (Å²) in [4.78, 5) is 27.0. The van der Waals surface area contributed by atoms with Gasteiger partial charge in [0.2, 0.25) is 0 Å². The molecular formula is C30H30N4O5. The van der Waals surface area contributed by atoms with E-state index in [2.05, 4.69) is 27.5 Å². The first-order valence-electron chi connectivity index (χ1n) is 12.8. The van der Waals surface area contributed by atoms with E-state index in [1.54, 1.807) is 12.2 Å². The van der Waals surface area contributed by atoms with Gasteiger partial charge in [0.15, 0.2) is 0 Å². The van der Waals surface area contributed by atoms with Crippen LogP contribution in [0.1, 0.15) is 41.9 Å². The van der Waals surface area contributed by atoms with Gasteiger partial charge in [0.25, 0.3) is 0 Å². The highest BCUT2D eigenvalue weighted by Crippen LogP contribution is 2.44. The molecule has 0 spiro atoms. The van der Waals surface area contributed by atoms with Crippen LogP contribution in [0.2, 0.25) is 0 Å². The molecule has 1 atom stereocenters. The van der Waals surface area contributed by atoms with E-state index in [0.717, 1.165) is 46.4 Å². The zero-order valence-corrected chi connectivity index (χ0v) is 21.4. The number of carbonyl (C=O) groups is 2. The van der Waals surface area contributed by atoms with E-state index >= 15 is 0 Å². The molecule has 1 aliphatic carbocycles. The van der Waals surface area contributed by atoms with Gasteiger partial charge < -0.3 is 19.9 Å². The van der Waals surface area contributed by atoms with Crippen molar-refractivity contribution >= 4 is 18.1 Å². The molecule has 9 nitrogen and oxygen atoms in total. The molecule has 0 aromatic heterocycles. The highest BCUT2D eigenvalue weighted by molar-refractivity contribution is 5.81. The molecule has 0 fully saturated rings. The number of carboxylic acid groups (broad SMARTS) is 1. The maximum Gasteiger partial charge on any atom is 0.407 e. The molecule has 0 unspecified atom stereocenters. The second kappa shape index (κ2) is 13.7. The SMILES string of the molecule is [N-]=[N+]=NCCCCOc1ccc(/C=C\C[C@H](NC(=O)OCC2c3ccccc3-c3ccccc32)C(=O)O)cc1. The number of carboxylic acids is 1. The average molecular weight is 527 g/mol. The number of rotatable bonds is 13. The summed E-state index contributed by atoms with van der Waals surface area (Å²) in [5.41, 5.74) is 13.6. The number of carbonyl (C=O) groups excluding carboxylic acids is 1. The highest BCUT2D eigenvalue weighted by Gasteiger charge is 2.29. The number of ether oxygens (including phenoxy) is 2. The highest BCUT2D eigenvalue weighted by atomic mass is 16.5. The number of nitrogens with zero attached hydrogens (tertiary/aromatic N) is 3. The molecule has 2 N–H and O–H groups in total. The molecule has 39 heavy (non-hydrogen) atoms. The molecule has 0 bridgehead atoms. The molecule has 0 aliphatic heterocycles. The lowest BCUT2D eigenvalue weighted by molar-refractivity contribution is -0.139. The van der Waals surface area contributed by atoms with Crippen LogP contribution in [0, 0.1) is 0 Å². The van der Waals surface area contributed by atoms with Crippen molar-refractivity contribution in [2.45, 2.75) is 31.2 Å². The Morgan fingerprint density at radius 3 is 2.31 bits per heavy atom. The van der Waals surface area contributed by atoms with Crippen molar-refractivity contribution in [3.63, 3.8) is 0 Å². The molecule has 3 aromatic carbocycles. The number of fused-ring (bicyclic) bond motifs is 3. The third-order valence-electron chi connectivity index (χ3n) is 6.48. The average Bonchev–Trinajstić information content (AvgIpc) is 3.27. The van der Waals surface area contributed by atoms with Crippen LogP contribution in [0.15, 0.2) is 84.0 Å². The Hall–Kier alpha value is -4.75. The second-order valence-corrected chi connectivity index (χ2v) is 9.08. The van der Waals surface area contributed by atoms with Crippen LogP contribution in [0.4, 0.5) is 4.79 Å². The van der Waals surface area contributed by atoms with Crippen molar-refractivity contribution in [2.75, 3.05) is 19.8 Å².